The van der Waals surface area contributed by atoms with E-state index in [0.29, 0.717) is 19.5 Å². The Morgan fingerprint density at radius 3 is 2.15 bits per heavy atom. The molecule has 0 aromatic heterocycles. The number of piperidine rings is 1. The van der Waals surface area contributed by atoms with Gasteiger partial charge in [0.25, 0.3) is 0 Å². The summed E-state index contributed by atoms with van der Waals surface area (Å²) >= 11 is 0. The molecule has 2 amide bonds. The van der Waals surface area contributed by atoms with Gasteiger partial charge in [-0.25, -0.2) is 0 Å². The first kappa shape index (κ1) is 20.9. The van der Waals surface area contributed by atoms with E-state index in [4.69, 9.17) is 5.73 Å². The molecule has 0 aromatic rings. The van der Waals surface area contributed by atoms with E-state index in [1.807, 2.05) is 4.90 Å². The normalized spacial score (nSPS) is 39.0. The van der Waals surface area contributed by atoms with Crippen LogP contribution in [0.1, 0.15) is 65.2 Å². The topological polar surface area (TPSA) is 75.4 Å². The second-order valence-corrected chi connectivity index (χ2v) is 10.6. The van der Waals surface area contributed by atoms with Crippen LogP contribution in [0.4, 0.5) is 0 Å². The van der Waals surface area contributed by atoms with Crippen molar-refractivity contribution in [2.75, 3.05) is 19.6 Å². The van der Waals surface area contributed by atoms with Crippen LogP contribution in [0, 0.1) is 28.6 Å². The summed E-state index contributed by atoms with van der Waals surface area (Å²) in [6, 6.07) is 0.136. The summed E-state index contributed by atoms with van der Waals surface area (Å²) in [7, 11) is 0. The number of nitrogens with two attached hydrogens (primary N) is 1. The molecular formula is C21H36ClN3O2. The minimum absolute atomic E-state index is 0. The highest BCUT2D eigenvalue weighted by molar-refractivity contribution is 5.85. The van der Waals surface area contributed by atoms with E-state index in [1.54, 1.807) is 0 Å². The SMILES string of the molecule is CC1(C)CN(C(=O)CNC(=O)CC23CC4CC(CC(C4)C2)C3)CCC1N.Cl. The lowest BCUT2D eigenvalue weighted by Crippen LogP contribution is -2.55. The van der Waals surface area contributed by atoms with E-state index in [1.165, 1.54) is 38.5 Å². The molecule has 4 aliphatic carbocycles. The zero-order valence-electron chi connectivity index (χ0n) is 16.8. The first-order valence-corrected chi connectivity index (χ1v) is 10.5. The van der Waals surface area contributed by atoms with Crippen LogP contribution in [0.5, 0.6) is 0 Å². The summed E-state index contributed by atoms with van der Waals surface area (Å²) in [5.74, 6) is 2.68. The van der Waals surface area contributed by atoms with Crippen LogP contribution in [0.25, 0.3) is 0 Å². The molecule has 4 saturated carbocycles. The van der Waals surface area contributed by atoms with Crippen molar-refractivity contribution in [1.29, 1.82) is 0 Å². The van der Waals surface area contributed by atoms with Crippen molar-refractivity contribution < 1.29 is 9.59 Å². The molecule has 5 fully saturated rings. The predicted molar refractivity (Wildman–Crippen MR) is 108 cm³/mol. The van der Waals surface area contributed by atoms with Gasteiger partial charge >= 0.3 is 0 Å². The van der Waals surface area contributed by atoms with Gasteiger partial charge in [-0.15, -0.1) is 12.4 Å². The Labute approximate surface area is 169 Å². The minimum Gasteiger partial charge on any atom is -0.347 e. The predicted octanol–water partition coefficient (Wildman–Crippen LogP) is 2.72. The Morgan fingerprint density at radius 2 is 1.63 bits per heavy atom. The van der Waals surface area contributed by atoms with Crippen molar-refractivity contribution in [2.45, 2.75) is 71.3 Å². The van der Waals surface area contributed by atoms with Crippen molar-refractivity contribution in [3.8, 4) is 0 Å². The zero-order chi connectivity index (χ0) is 18.5. The molecule has 1 atom stereocenters. The Bertz CT molecular complexity index is 557. The highest BCUT2D eigenvalue weighted by Gasteiger charge is 2.51. The lowest BCUT2D eigenvalue weighted by molar-refractivity contribution is -0.137. The molecule has 1 unspecified atom stereocenters. The summed E-state index contributed by atoms with van der Waals surface area (Å²) in [4.78, 5) is 27.0. The molecule has 6 heteroatoms. The summed E-state index contributed by atoms with van der Waals surface area (Å²) in [5.41, 5.74) is 6.33. The average Bonchev–Trinajstić information content (AvgIpc) is 2.53. The number of hydrogen-bond acceptors (Lipinski definition) is 3. The average molecular weight is 398 g/mol. The molecular weight excluding hydrogens is 362 g/mol. The number of halogens is 1. The van der Waals surface area contributed by atoms with Crippen LogP contribution >= 0.6 is 12.4 Å². The molecule has 5 aliphatic rings. The van der Waals surface area contributed by atoms with Crippen LogP contribution < -0.4 is 11.1 Å². The zero-order valence-corrected chi connectivity index (χ0v) is 17.7. The summed E-state index contributed by atoms with van der Waals surface area (Å²) in [6.07, 6.45) is 9.35. The first-order chi connectivity index (χ1) is 12.2. The van der Waals surface area contributed by atoms with Crippen molar-refractivity contribution in [3.63, 3.8) is 0 Å². The van der Waals surface area contributed by atoms with E-state index < -0.39 is 0 Å². The van der Waals surface area contributed by atoms with Crippen molar-refractivity contribution >= 4 is 24.2 Å². The van der Waals surface area contributed by atoms with E-state index in [2.05, 4.69) is 19.2 Å². The number of nitrogens with zero attached hydrogens (tertiary/aromatic N) is 1. The molecule has 0 spiro atoms. The van der Waals surface area contributed by atoms with E-state index in [9.17, 15) is 9.59 Å². The molecule has 27 heavy (non-hydrogen) atoms. The van der Waals surface area contributed by atoms with Crippen LogP contribution in [0.3, 0.4) is 0 Å². The second kappa shape index (κ2) is 7.55. The number of hydrogen-bond donors (Lipinski definition) is 2. The monoisotopic (exact) mass is 397 g/mol. The third-order valence-electron chi connectivity index (χ3n) is 7.80. The maximum Gasteiger partial charge on any atom is 0.241 e. The van der Waals surface area contributed by atoms with Crippen molar-refractivity contribution in [3.05, 3.63) is 0 Å². The van der Waals surface area contributed by atoms with Gasteiger partial charge in [0.1, 0.15) is 0 Å². The van der Waals surface area contributed by atoms with Crippen LogP contribution in [0.2, 0.25) is 0 Å². The molecule has 0 radical (unpaired) electrons. The molecule has 1 saturated heterocycles. The molecule has 0 aromatic carbocycles. The molecule has 1 heterocycles. The summed E-state index contributed by atoms with van der Waals surface area (Å²) in [6.45, 7) is 5.74. The van der Waals surface area contributed by atoms with Gasteiger partial charge in [0.2, 0.25) is 11.8 Å². The van der Waals surface area contributed by atoms with E-state index in [-0.39, 0.29) is 47.6 Å². The van der Waals surface area contributed by atoms with Crippen LogP contribution in [0.15, 0.2) is 0 Å². The highest BCUT2D eigenvalue weighted by atomic mass is 35.5. The fourth-order valence-corrected chi connectivity index (χ4v) is 6.78. The van der Waals surface area contributed by atoms with Gasteiger partial charge in [-0.05, 0) is 73.5 Å². The first-order valence-electron chi connectivity index (χ1n) is 10.5. The molecule has 4 bridgehead atoms. The smallest absolute Gasteiger partial charge is 0.241 e. The number of carbonyl (C=O) groups is 2. The number of nitrogens with one attached hydrogen (secondary N) is 1. The van der Waals surface area contributed by atoms with E-state index in [0.717, 1.165) is 24.2 Å². The van der Waals surface area contributed by atoms with Crippen molar-refractivity contribution in [2.24, 2.45) is 34.3 Å². The van der Waals surface area contributed by atoms with Crippen LogP contribution in [-0.2, 0) is 9.59 Å². The Balaban J connectivity index is 0.00000210. The third kappa shape index (κ3) is 4.29. The van der Waals surface area contributed by atoms with Gasteiger partial charge in [-0.1, -0.05) is 13.8 Å². The number of rotatable bonds is 4. The molecule has 154 valence electrons. The van der Waals surface area contributed by atoms with Gasteiger partial charge in [-0.2, -0.15) is 0 Å². The number of carbonyl (C=O) groups excluding carboxylic acids is 2. The quantitative estimate of drug-likeness (QED) is 0.765. The number of amides is 2. The highest BCUT2D eigenvalue weighted by Crippen LogP contribution is 2.61. The maximum absolute atomic E-state index is 12.6. The van der Waals surface area contributed by atoms with Gasteiger partial charge in [-0.3, -0.25) is 9.59 Å². The molecule has 1 aliphatic heterocycles. The van der Waals surface area contributed by atoms with Gasteiger partial charge in [0.05, 0.1) is 6.54 Å². The maximum atomic E-state index is 12.6. The largest absolute Gasteiger partial charge is 0.347 e. The fraction of sp³-hybridized carbons (Fsp3) is 0.905. The minimum atomic E-state index is -0.0584. The van der Waals surface area contributed by atoms with Gasteiger partial charge in [0, 0.05) is 25.6 Å². The molecule has 3 N–H and O–H groups in total. The van der Waals surface area contributed by atoms with Gasteiger partial charge < -0.3 is 16.0 Å². The Kier molecular flexibility index (Phi) is 5.85. The van der Waals surface area contributed by atoms with Crippen LogP contribution in [-0.4, -0.2) is 42.4 Å². The summed E-state index contributed by atoms with van der Waals surface area (Å²) in [5, 5.41) is 2.93. The third-order valence-corrected chi connectivity index (χ3v) is 7.80. The standard InChI is InChI=1S/C21H35N3O2.ClH/c1-20(2)13-24(4-3-17(20)22)19(26)12-23-18(25)11-21-8-14-5-15(9-21)7-16(6-14)10-21;/h14-17H,3-13,22H2,1-2H3,(H,23,25);1H. The van der Waals surface area contributed by atoms with E-state index >= 15 is 0 Å². The molecule has 5 nitrogen and oxygen atoms in total. The number of likely N-dealkylation sites (tertiary alicyclic amines) is 1. The van der Waals surface area contributed by atoms with Gasteiger partial charge in [0.15, 0.2) is 0 Å². The van der Waals surface area contributed by atoms with Crippen molar-refractivity contribution in [1.82, 2.24) is 10.2 Å². The fourth-order valence-electron chi connectivity index (χ4n) is 6.78. The Hall–Kier alpha value is -0.810. The lowest BCUT2D eigenvalue weighted by Gasteiger charge is -2.56. The summed E-state index contributed by atoms with van der Waals surface area (Å²) < 4.78 is 0. The lowest BCUT2D eigenvalue weighted by atomic mass is 9.49. The Morgan fingerprint density at radius 1 is 1.07 bits per heavy atom. The second-order valence-electron chi connectivity index (χ2n) is 10.6. The molecule has 5 rings (SSSR count).